The molecule has 2 amide bonds. The molecule has 250 valence electrons. The highest BCUT2D eigenvalue weighted by Gasteiger charge is 2.21. The summed E-state index contributed by atoms with van der Waals surface area (Å²) in [5, 5.41) is 5.63. The van der Waals surface area contributed by atoms with Gasteiger partial charge in [-0.05, 0) is 63.3 Å². The Kier molecular flexibility index (Phi) is 11.6. The maximum atomic E-state index is 13.7. The summed E-state index contributed by atoms with van der Waals surface area (Å²) in [6, 6.07) is 3.75. The van der Waals surface area contributed by atoms with E-state index in [2.05, 4.69) is 24.5 Å². The third-order valence-corrected chi connectivity index (χ3v) is 9.19. The molecule has 3 aromatic heterocycles. The number of fused-ring (bicyclic) bond motifs is 1. The summed E-state index contributed by atoms with van der Waals surface area (Å²) in [7, 11) is -4.00. The van der Waals surface area contributed by atoms with E-state index < -0.39 is 33.4 Å². The fraction of sp³-hybridized carbons (Fsp3) is 0.516. The van der Waals surface area contributed by atoms with Gasteiger partial charge >= 0.3 is 6.09 Å². The van der Waals surface area contributed by atoms with Gasteiger partial charge in [0.15, 0.2) is 0 Å². The number of sulfonamides is 1. The topological polar surface area (TPSA) is 161 Å². The van der Waals surface area contributed by atoms with Crippen LogP contribution in [0.15, 0.2) is 34.6 Å². The summed E-state index contributed by atoms with van der Waals surface area (Å²) in [5.41, 5.74) is 1.65. The van der Waals surface area contributed by atoms with Crippen molar-refractivity contribution >= 4 is 50.9 Å². The molecule has 2 N–H and O–H groups in total. The van der Waals surface area contributed by atoms with E-state index in [4.69, 9.17) is 19.4 Å². The monoisotopic (exact) mass is 674 g/mol. The smallest absolute Gasteiger partial charge is 0.407 e. The maximum absolute atomic E-state index is 13.7. The fourth-order valence-electron chi connectivity index (χ4n) is 4.62. The van der Waals surface area contributed by atoms with E-state index >= 15 is 0 Å². The van der Waals surface area contributed by atoms with Gasteiger partial charge in [0.05, 0.1) is 35.2 Å². The number of carbonyl (C=O) groups is 2. The molecule has 46 heavy (non-hydrogen) atoms. The summed E-state index contributed by atoms with van der Waals surface area (Å²) in [5.74, 6) is -0.535. The molecule has 0 bridgehead atoms. The lowest BCUT2D eigenvalue weighted by Crippen LogP contribution is -2.38. The van der Waals surface area contributed by atoms with Crippen LogP contribution in [0.25, 0.3) is 11.7 Å². The molecule has 0 unspecified atom stereocenters. The second-order valence-corrected chi connectivity index (χ2v) is 15.0. The van der Waals surface area contributed by atoms with Crippen LogP contribution in [0.5, 0.6) is 0 Å². The van der Waals surface area contributed by atoms with Crippen molar-refractivity contribution in [3.05, 3.63) is 62.0 Å². The number of thiazole rings is 1. The van der Waals surface area contributed by atoms with Gasteiger partial charge in [0.1, 0.15) is 17.1 Å². The predicted molar refractivity (Wildman–Crippen MR) is 178 cm³/mol. The fourth-order valence-corrected chi connectivity index (χ4v) is 6.58. The van der Waals surface area contributed by atoms with Gasteiger partial charge in [0.2, 0.25) is 10.0 Å². The van der Waals surface area contributed by atoms with Gasteiger partial charge in [-0.25, -0.2) is 27.9 Å². The van der Waals surface area contributed by atoms with E-state index in [1.54, 1.807) is 38.3 Å². The van der Waals surface area contributed by atoms with Crippen molar-refractivity contribution in [2.75, 3.05) is 43.5 Å². The molecule has 1 aliphatic rings. The van der Waals surface area contributed by atoms with E-state index in [1.807, 2.05) is 21.8 Å². The van der Waals surface area contributed by atoms with Gasteiger partial charge in [-0.3, -0.25) is 14.0 Å². The van der Waals surface area contributed by atoms with Crippen LogP contribution in [0.2, 0.25) is 0 Å². The summed E-state index contributed by atoms with van der Waals surface area (Å²) in [4.78, 5) is 49.5. The average Bonchev–Trinajstić information content (AvgIpc) is 3.47. The lowest BCUT2D eigenvalue weighted by Gasteiger charge is -2.29. The van der Waals surface area contributed by atoms with E-state index in [0.717, 1.165) is 35.2 Å². The number of morpholine rings is 1. The third-order valence-electron chi connectivity index (χ3n) is 6.92. The molecule has 4 rings (SSSR count). The Labute approximate surface area is 273 Å². The van der Waals surface area contributed by atoms with Gasteiger partial charge < -0.3 is 19.7 Å². The predicted octanol–water partition coefficient (Wildman–Crippen LogP) is 3.27. The zero-order chi connectivity index (χ0) is 33.5. The molecule has 3 aromatic rings. The molecule has 4 heterocycles. The number of rotatable bonds is 12. The minimum atomic E-state index is -4.00. The number of amides is 2. The zero-order valence-corrected chi connectivity index (χ0v) is 28.5. The summed E-state index contributed by atoms with van der Waals surface area (Å²) < 4.78 is 38.9. The molecule has 0 atom stereocenters. The van der Waals surface area contributed by atoms with E-state index in [9.17, 15) is 22.8 Å². The number of hydrogen-bond donors (Lipinski definition) is 2. The molecule has 0 aromatic carbocycles. The molecular formula is C31H42N6O7S2. The van der Waals surface area contributed by atoms with Gasteiger partial charge in [0, 0.05) is 43.7 Å². The molecule has 15 heteroatoms. The van der Waals surface area contributed by atoms with E-state index in [0.29, 0.717) is 43.7 Å². The number of ether oxygens (including phenoxy) is 2. The first kappa shape index (κ1) is 35.0. The van der Waals surface area contributed by atoms with E-state index in [-0.39, 0.29) is 24.1 Å². The lowest BCUT2D eigenvalue weighted by atomic mass is 10.1. The van der Waals surface area contributed by atoms with Crippen LogP contribution < -0.4 is 20.5 Å². The third kappa shape index (κ3) is 10.1. The molecular weight excluding hydrogens is 633 g/mol. The highest BCUT2D eigenvalue weighted by atomic mass is 32.2. The first-order valence-corrected chi connectivity index (χ1v) is 17.8. The van der Waals surface area contributed by atoms with Crippen molar-refractivity contribution in [1.29, 1.82) is 0 Å². The maximum Gasteiger partial charge on any atom is 0.407 e. The highest BCUT2D eigenvalue weighted by Crippen LogP contribution is 2.22. The average molecular weight is 675 g/mol. The summed E-state index contributed by atoms with van der Waals surface area (Å²) in [6.45, 7) is 11.4. The molecule has 0 radical (unpaired) electrons. The number of aryl methyl sites for hydroxylation is 2. The van der Waals surface area contributed by atoms with Crippen LogP contribution in [0.4, 0.5) is 10.6 Å². The number of carbonyl (C=O) groups excluding carboxylic acids is 2. The van der Waals surface area contributed by atoms with Crippen LogP contribution in [-0.4, -0.2) is 79.0 Å². The Hall–Kier alpha value is -3.82. The Bertz CT molecular complexity index is 1740. The molecule has 13 nitrogen and oxygen atoms in total. The van der Waals surface area contributed by atoms with Crippen molar-refractivity contribution in [1.82, 2.24) is 24.4 Å². The number of anilines is 1. The Morgan fingerprint density at radius 2 is 1.91 bits per heavy atom. The Balaban J connectivity index is 1.47. The van der Waals surface area contributed by atoms with Crippen molar-refractivity contribution in [3.8, 4) is 0 Å². The number of nitrogens with one attached hydrogen (secondary N) is 2. The molecule has 1 saturated heterocycles. The largest absolute Gasteiger partial charge is 0.444 e. The number of hydrogen-bond acceptors (Lipinski definition) is 11. The summed E-state index contributed by atoms with van der Waals surface area (Å²) >= 11 is 1.65. The standard InChI is InChI=1S/C31H42N6O7S2/c1-21(2)24-20-45-27(33-24)10-7-22-11-13-37-25(19-22)34-28(36-14-16-43-17-15-36)23(29(37)39)8-9-26(38)35-46(41,42)18-6-12-32-30(40)44-31(3,4)5/h8-9,11,13,19-21H,6-7,10,12,14-18H2,1-5H3,(H,32,40)(H,35,38). The highest BCUT2D eigenvalue weighted by molar-refractivity contribution is 7.90. The summed E-state index contributed by atoms with van der Waals surface area (Å²) in [6.07, 6.45) is 4.88. The molecule has 0 spiro atoms. The second kappa shape index (κ2) is 15.2. The van der Waals surface area contributed by atoms with Crippen LogP contribution >= 0.6 is 11.3 Å². The first-order valence-electron chi connectivity index (χ1n) is 15.2. The van der Waals surface area contributed by atoms with Crippen molar-refractivity contribution in [3.63, 3.8) is 0 Å². The van der Waals surface area contributed by atoms with E-state index in [1.165, 1.54) is 10.5 Å². The Morgan fingerprint density at radius 3 is 2.59 bits per heavy atom. The normalized spacial score (nSPS) is 14.3. The lowest BCUT2D eigenvalue weighted by molar-refractivity contribution is -0.114. The van der Waals surface area contributed by atoms with Gasteiger partial charge in [0.25, 0.3) is 11.5 Å². The number of nitrogens with zero attached hydrogens (tertiary/aromatic N) is 4. The quantitative estimate of drug-likeness (QED) is 0.216. The van der Waals surface area contributed by atoms with Crippen molar-refractivity contribution in [2.24, 2.45) is 0 Å². The van der Waals surface area contributed by atoms with Crippen LogP contribution in [-0.2, 0) is 37.1 Å². The van der Waals surface area contributed by atoms with Crippen LogP contribution in [0.3, 0.4) is 0 Å². The van der Waals surface area contributed by atoms with Crippen LogP contribution in [0, 0.1) is 0 Å². The van der Waals surface area contributed by atoms with Gasteiger partial charge in [-0.15, -0.1) is 11.3 Å². The molecule has 0 saturated carbocycles. The molecule has 0 aliphatic carbocycles. The molecule has 1 aliphatic heterocycles. The number of pyridine rings is 1. The Morgan fingerprint density at radius 1 is 1.17 bits per heavy atom. The first-order chi connectivity index (χ1) is 21.7. The SMILES string of the molecule is CC(C)c1csc(CCc2ccn3c(=O)c(C=CC(=O)NS(=O)(=O)CCCNC(=O)OC(C)(C)C)c(N4CCOCC4)nc3c2)n1. The van der Waals surface area contributed by atoms with Gasteiger partial charge in [-0.2, -0.15) is 0 Å². The second-order valence-electron chi connectivity index (χ2n) is 12.2. The minimum absolute atomic E-state index is 0.0496. The van der Waals surface area contributed by atoms with Crippen molar-refractivity contribution in [2.45, 2.75) is 65.4 Å². The number of aromatic nitrogens is 3. The zero-order valence-electron chi connectivity index (χ0n) is 26.9. The molecule has 1 fully saturated rings. The number of alkyl carbamates (subject to hydrolysis) is 1. The minimum Gasteiger partial charge on any atom is -0.444 e. The van der Waals surface area contributed by atoms with Crippen molar-refractivity contribution < 1.29 is 27.5 Å². The van der Waals surface area contributed by atoms with Gasteiger partial charge in [-0.1, -0.05) is 13.8 Å². The van der Waals surface area contributed by atoms with Crippen LogP contribution in [0.1, 0.15) is 68.8 Å².